The minimum atomic E-state index is -3.83. The molecule has 3 aliphatic rings. The average Bonchev–Trinajstić information content (AvgIpc) is 3.74. The van der Waals surface area contributed by atoms with Crippen LogP contribution in [0.15, 0.2) is 71.5 Å². The SMILES string of the molecule is Cn1c(=O)n(C2CCC(=O)NC2=O)c2ccc(N3CCC(OC(=O)Nc4cccc(CS(=O)(=O)N5CC[C@H](Nc6cccc(-c7sc(C(=O)O)c(OCC(=O)O)c7Cl)c6)CC5(C)C)c4)CC3)cc21. The van der Waals surface area contributed by atoms with Gasteiger partial charge in [0.05, 0.1) is 21.7 Å². The minimum absolute atomic E-state index is 0.00724. The zero-order chi connectivity index (χ0) is 48.7. The Hall–Kier alpha value is -6.42. The number of rotatable bonds is 14. The lowest BCUT2D eigenvalue weighted by atomic mass is 9.89. The van der Waals surface area contributed by atoms with Crippen molar-refractivity contribution in [1.82, 2.24) is 18.8 Å². The molecule has 2 atom stereocenters. The Kier molecular flexibility index (Phi) is 13.6. The van der Waals surface area contributed by atoms with Gasteiger partial charge in [-0.1, -0.05) is 35.9 Å². The number of piperidine rings is 3. The van der Waals surface area contributed by atoms with Crippen molar-refractivity contribution in [3.05, 3.63) is 92.7 Å². The lowest BCUT2D eigenvalue weighted by Gasteiger charge is -2.45. The molecule has 360 valence electrons. The van der Waals surface area contributed by atoms with E-state index in [1.54, 1.807) is 49.5 Å². The molecule has 2 aromatic heterocycles. The number of aliphatic carboxylic acids is 1. The van der Waals surface area contributed by atoms with Crippen molar-refractivity contribution in [3.63, 3.8) is 0 Å². The van der Waals surface area contributed by atoms with Gasteiger partial charge < -0.3 is 29.9 Å². The van der Waals surface area contributed by atoms with E-state index >= 15 is 0 Å². The fourth-order valence-electron chi connectivity index (χ4n) is 9.33. The Balaban J connectivity index is 0.837. The van der Waals surface area contributed by atoms with Crippen molar-refractivity contribution in [2.45, 2.75) is 81.9 Å². The first kappa shape index (κ1) is 48.1. The first-order valence-corrected chi connectivity index (χ1v) is 24.7. The van der Waals surface area contributed by atoms with Gasteiger partial charge in [0.25, 0.3) is 0 Å². The summed E-state index contributed by atoms with van der Waals surface area (Å²) in [4.78, 5) is 75.9. The molecule has 19 nitrogen and oxygen atoms in total. The molecule has 5 aromatic rings. The minimum Gasteiger partial charge on any atom is -0.479 e. The molecule has 3 amide bonds. The van der Waals surface area contributed by atoms with E-state index in [9.17, 15) is 42.3 Å². The van der Waals surface area contributed by atoms with Gasteiger partial charge in [0.2, 0.25) is 21.8 Å². The summed E-state index contributed by atoms with van der Waals surface area (Å²) in [6, 6.07) is 18.5. The molecule has 0 radical (unpaired) electrons. The van der Waals surface area contributed by atoms with Gasteiger partial charge in [-0.3, -0.25) is 29.4 Å². The molecular weight excluding hydrogens is 942 g/mol. The lowest BCUT2D eigenvalue weighted by molar-refractivity contribution is -0.139. The summed E-state index contributed by atoms with van der Waals surface area (Å²) >= 11 is 7.39. The molecule has 22 heteroatoms. The van der Waals surface area contributed by atoms with Crippen molar-refractivity contribution in [3.8, 4) is 16.2 Å². The Bertz CT molecular complexity index is 2990. The van der Waals surface area contributed by atoms with Crippen LogP contribution < -0.4 is 31.3 Å². The smallest absolute Gasteiger partial charge is 0.411 e. The quantitative estimate of drug-likeness (QED) is 0.0771. The van der Waals surface area contributed by atoms with Gasteiger partial charge >= 0.3 is 23.7 Å². The number of amides is 3. The monoisotopic (exact) mass is 991 g/mol. The van der Waals surface area contributed by atoms with E-state index in [1.165, 1.54) is 13.4 Å². The Morgan fingerprint density at radius 3 is 2.37 bits per heavy atom. The van der Waals surface area contributed by atoms with Gasteiger partial charge in [0.1, 0.15) is 17.2 Å². The topological polar surface area (TPSA) is 248 Å². The van der Waals surface area contributed by atoms with Gasteiger partial charge in [-0.15, -0.1) is 11.3 Å². The highest BCUT2D eigenvalue weighted by Crippen LogP contribution is 2.46. The maximum atomic E-state index is 14.0. The zero-order valence-corrected chi connectivity index (χ0v) is 39.7. The number of imidazole rings is 1. The molecule has 68 heavy (non-hydrogen) atoms. The second-order valence-electron chi connectivity index (χ2n) is 17.7. The number of imide groups is 1. The van der Waals surface area contributed by atoms with Gasteiger partial charge in [-0.05, 0) is 86.7 Å². The highest BCUT2D eigenvalue weighted by molar-refractivity contribution is 7.88. The Morgan fingerprint density at radius 1 is 0.926 bits per heavy atom. The number of anilines is 3. The number of halogens is 1. The number of carboxylic acid groups (broad SMARTS) is 2. The van der Waals surface area contributed by atoms with Crippen LogP contribution in [-0.4, -0.2) is 106 Å². The number of aromatic carboxylic acids is 1. The molecule has 3 aromatic carbocycles. The highest BCUT2D eigenvalue weighted by Gasteiger charge is 2.42. The number of fused-ring (bicyclic) bond motifs is 1. The van der Waals surface area contributed by atoms with E-state index in [1.807, 2.05) is 38.1 Å². The highest BCUT2D eigenvalue weighted by atomic mass is 35.5. The van der Waals surface area contributed by atoms with E-state index < -0.39 is 52.1 Å². The molecule has 5 N–H and O–H groups in total. The van der Waals surface area contributed by atoms with Crippen molar-refractivity contribution in [1.29, 1.82) is 0 Å². The summed E-state index contributed by atoms with van der Waals surface area (Å²) in [5.41, 5.74) is 3.17. The number of sulfonamides is 1. The van der Waals surface area contributed by atoms with Crippen LogP contribution in [0.4, 0.5) is 21.9 Å². The number of nitrogens with zero attached hydrogens (tertiary/aromatic N) is 4. The molecule has 0 aliphatic carbocycles. The summed E-state index contributed by atoms with van der Waals surface area (Å²) in [6.07, 6.45) is 1.42. The second kappa shape index (κ2) is 19.3. The van der Waals surface area contributed by atoms with Crippen LogP contribution >= 0.6 is 22.9 Å². The van der Waals surface area contributed by atoms with Crippen LogP contribution in [0, 0.1) is 0 Å². The van der Waals surface area contributed by atoms with Crippen molar-refractivity contribution in [2.24, 2.45) is 7.05 Å². The van der Waals surface area contributed by atoms with E-state index in [0.29, 0.717) is 77.2 Å². The summed E-state index contributed by atoms with van der Waals surface area (Å²) in [7, 11) is -2.18. The van der Waals surface area contributed by atoms with E-state index in [0.717, 1.165) is 17.0 Å². The van der Waals surface area contributed by atoms with E-state index in [2.05, 4.69) is 20.9 Å². The average molecular weight is 993 g/mol. The maximum absolute atomic E-state index is 14.0. The molecule has 3 saturated heterocycles. The van der Waals surface area contributed by atoms with Gasteiger partial charge in [0.15, 0.2) is 17.2 Å². The number of benzene rings is 3. The number of carbonyl (C=O) groups is 5. The molecule has 8 rings (SSSR count). The van der Waals surface area contributed by atoms with Gasteiger partial charge in [0, 0.05) is 74.6 Å². The summed E-state index contributed by atoms with van der Waals surface area (Å²) in [6.45, 7) is 4.38. The number of thiophene rings is 1. The number of carbonyl (C=O) groups excluding carboxylic acids is 3. The third-order valence-electron chi connectivity index (χ3n) is 12.5. The summed E-state index contributed by atoms with van der Waals surface area (Å²) in [5, 5.41) is 27.3. The molecular formula is C46H50ClN7O12S2. The molecule has 0 bridgehead atoms. The number of nitrogens with one attached hydrogen (secondary N) is 3. The Morgan fingerprint density at radius 2 is 1.66 bits per heavy atom. The number of aromatic nitrogens is 2. The molecule has 0 spiro atoms. The predicted octanol–water partition coefficient (Wildman–Crippen LogP) is 6.26. The number of aryl methyl sites for hydroxylation is 1. The fraction of sp³-hybridized carbons (Fsp3) is 0.391. The third kappa shape index (κ3) is 10.2. The Labute approximate surface area is 399 Å². The van der Waals surface area contributed by atoms with E-state index in [4.69, 9.17) is 26.2 Å². The van der Waals surface area contributed by atoms with E-state index in [-0.39, 0.29) is 64.5 Å². The van der Waals surface area contributed by atoms with Gasteiger partial charge in [-0.2, -0.15) is 4.31 Å². The molecule has 1 unspecified atom stereocenters. The molecule has 3 aliphatic heterocycles. The van der Waals surface area contributed by atoms with Crippen LogP contribution in [0.2, 0.25) is 5.02 Å². The summed E-state index contributed by atoms with van der Waals surface area (Å²) < 4.78 is 43.4. The standard InChI is InChI=1S/C46H50ClN7O12S2/c1-46(2)23-30(48-29-9-5-7-27(21-29)40-38(47)39(65-24-37(56)57)41(67-40)43(59)60)14-19-53(46)68(63,64)25-26-6-4-8-28(20-26)49-44(61)66-32-15-17-52(18-16-32)31-10-11-33-35(22-31)51(3)45(62)54(33)34-12-13-36(55)50-42(34)58/h4-11,20-22,30,32,34,48H,12-19,23-25H2,1-3H3,(H,49,61)(H,56,57)(H,59,60)(H,50,55,58)/t30-,34?/m0/s1. The number of hydrogen-bond donors (Lipinski definition) is 5. The van der Waals surface area contributed by atoms with Crippen molar-refractivity contribution >= 4 is 90.9 Å². The second-order valence-corrected chi connectivity index (χ2v) is 21.0. The van der Waals surface area contributed by atoms with Crippen LogP contribution in [-0.2, 0) is 41.9 Å². The van der Waals surface area contributed by atoms with Crippen molar-refractivity contribution < 1.29 is 52.1 Å². The zero-order valence-electron chi connectivity index (χ0n) is 37.3. The van der Waals surface area contributed by atoms with Crippen LogP contribution in [0.1, 0.15) is 73.6 Å². The number of carboxylic acids is 2. The van der Waals surface area contributed by atoms with Gasteiger partial charge in [-0.25, -0.2) is 27.6 Å². The summed E-state index contributed by atoms with van der Waals surface area (Å²) in [5.74, 6) is -3.93. The lowest BCUT2D eigenvalue weighted by Crippen LogP contribution is -2.55. The number of ether oxygens (including phenoxy) is 2. The van der Waals surface area contributed by atoms with Crippen LogP contribution in [0.5, 0.6) is 5.75 Å². The molecule has 5 heterocycles. The van der Waals surface area contributed by atoms with Crippen molar-refractivity contribution in [2.75, 3.05) is 41.8 Å². The maximum Gasteiger partial charge on any atom is 0.411 e. The largest absolute Gasteiger partial charge is 0.479 e. The van der Waals surface area contributed by atoms with Crippen LogP contribution in [0.25, 0.3) is 21.5 Å². The van der Waals surface area contributed by atoms with Crippen LogP contribution in [0.3, 0.4) is 0 Å². The predicted molar refractivity (Wildman–Crippen MR) is 255 cm³/mol. The molecule has 3 fully saturated rings. The fourth-order valence-corrected chi connectivity index (χ4v) is 12.7. The first-order chi connectivity index (χ1) is 32.3. The first-order valence-electron chi connectivity index (χ1n) is 21.9. The number of hydrogen-bond acceptors (Lipinski definition) is 13. The normalized spacial score (nSPS) is 19.1. The molecule has 0 saturated carbocycles. The third-order valence-corrected chi connectivity index (χ3v) is 16.2.